The van der Waals surface area contributed by atoms with E-state index in [4.69, 9.17) is 9.47 Å². The molecule has 3 heterocycles. The van der Waals surface area contributed by atoms with Crippen LogP contribution in [-0.4, -0.2) is 64.7 Å². The Balaban J connectivity index is 1.76. The topological polar surface area (TPSA) is 85.2 Å². The van der Waals surface area contributed by atoms with E-state index in [0.29, 0.717) is 30.1 Å². The van der Waals surface area contributed by atoms with E-state index in [0.717, 1.165) is 5.56 Å². The van der Waals surface area contributed by atoms with Crippen molar-refractivity contribution in [2.45, 2.75) is 52.7 Å². The maximum atomic E-state index is 15.5. The van der Waals surface area contributed by atoms with Gasteiger partial charge < -0.3 is 24.1 Å². The number of nitrogens with zero attached hydrogens (tertiary/aromatic N) is 3. The summed E-state index contributed by atoms with van der Waals surface area (Å²) >= 11 is 0. The number of pyridine rings is 1. The van der Waals surface area contributed by atoms with E-state index < -0.39 is 35.3 Å². The quantitative estimate of drug-likeness (QED) is 0.557. The number of fused-ring (bicyclic) bond motifs is 1. The minimum Gasteiger partial charge on any atom is -0.444 e. The van der Waals surface area contributed by atoms with Gasteiger partial charge in [-0.1, -0.05) is 0 Å². The highest BCUT2D eigenvalue weighted by atomic mass is 19.2. The molecule has 4 rings (SSSR count). The Bertz CT molecular complexity index is 1360. The molecule has 3 aromatic rings. The summed E-state index contributed by atoms with van der Waals surface area (Å²) in [5.74, 6) is -3.08. The number of imidazole rings is 1. The van der Waals surface area contributed by atoms with Gasteiger partial charge in [-0.3, -0.25) is 4.79 Å². The molecule has 37 heavy (non-hydrogen) atoms. The molecule has 10 heteroatoms. The summed E-state index contributed by atoms with van der Waals surface area (Å²) in [5, 5.41) is 2.33. The number of morpholine rings is 1. The van der Waals surface area contributed by atoms with Crippen molar-refractivity contribution in [2.75, 3.05) is 26.7 Å². The van der Waals surface area contributed by atoms with Gasteiger partial charge in [0, 0.05) is 31.8 Å². The highest BCUT2D eigenvalue weighted by Crippen LogP contribution is 2.34. The highest BCUT2D eigenvalue weighted by molar-refractivity contribution is 5.95. The molecule has 0 spiro atoms. The smallest absolute Gasteiger partial charge is 0.410 e. The molecule has 2 aromatic heterocycles. The van der Waals surface area contributed by atoms with Crippen LogP contribution in [0.25, 0.3) is 16.9 Å². The molecule has 2 amide bonds. The van der Waals surface area contributed by atoms with Gasteiger partial charge in [-0.25, -0.2) is 18.6 Å². The van der Waals surface area contributed by atoms with Gasteiger partial charge in [0.15, 0.2) is 11.6 Å². The van der Waals surface area contributed by atoms with Gasteiger partial charge in [-0.2, -0.15) is 0 Å². The predicted molar refractivity (Wildman–Crippen MR) is 135 cm³/mol. The Morgan fingerprint density at radius 1 is 1.22 bits per heavy atom. The minimum atomic E-state index is -1.23. The summed E-state index contributed by atoms with van der Waals surface area (Å²) in [6.07, 6.45) is 1.27. The highest BCUT2D eigenvalue weighted by Gasteiger charge is 2.31. The summed E-state index contributed by atoms with van der Waals surface area (Å²) in [4.78, 5) is 31.0. The van der Waals surface area contributed by atoms with Crippen LogP contribution in [0.5, 0.6) is 0 Å². The van der Waals surface area contributed by atoms with Crippen molar-refractivity contribution in [3.63, 3.8) is 0 Å². The predicted octanol–water partition coefficient (Wildman–Crippen LogP) is 4.43. The van der Waals surface area contributed by atoms with Gasteiger partial charge in [-0.05, 0) is 63.9 Å². The largest absolute Gasteiger partial charge is 0.444 e. The fourth-order valence-corrected chi connectivity index (χ4v) is 4.49. The van der Waals surface area contributed by atoms with Crippen LogP contribution in [0.1, 0.15) is 48.0 Å². The first-order valence-corrected chi connectivity index (χ1v) is 12.2. The number of carbonyl (C=O) groups excluding carboxylic acids is 2. The molecule has 1 aliphatic rings. The lowest BCUT2D eigenvalue weighted by Gasteiger charge is -2.34. The number of aryl methyl sites for hydroxylation is 2. The average molecular weight is 515 g/mol. The maximum Gasteiger partial charge on any atom is 0.410 e. The molecule has 0 radical (unpaired) electrons. The van der Waals surface area contributed by atoms with Crippen LogP contribution in [0.4, 0.5) is 13.6 Å². The molecule has 0 aliphatic carbocycles. The first-order chi connectivity index (χ1) is 17.4. The number of benzene rings is 1. The van der Waals surface area contributed by atoms with Crippen LogP contribution in [-0.2, 0) is 15.9 Å². The number of hydrogen-bond acceptors (Lipinski definition) is 5. The lowest BCUT2D eigenvalue weighted by atomic mass is 9.97. The molecule has 8 nitrogen and oxygen atoms in total. The number of amides is 2. The van der Waals surface area contributed by atoms with E-state index >= 15 is 4.39 Å². The third-order valence-corrected chi connectivity index (χ3v) is 6.20. The summed E-state index contributed by atoms with van der Waals surface area (Å²) in [6, 6.07) is 5.08. The van der Waals surface area contributed by atoms with Gasteiger partial charge in [0.2, 0.25) is 0 Å². The number of carbonyl (C=O) groups is 2. The first kappa shape index (κ1) is 26.5. The van der Waals surface area contributed by atoms with E-state index in [-0.39, 0.29) is 29.8 Å². The number of nitrogens with one attached hydrogen (secondary N) is 1. The molecule has 1 atom stereocenters. The maximum absolute atomic E-state index is 15.5. The van der Waals surface area contributed by atoms with Crippen molar-refractivity contribution in [1.29, 1.82) is 0 Å². The van der Waals surface area contributed by atoms with Crippen LogP contribution >= 0.6 is 0 Å². The Kier molecular flexibility index (Phi) is 7.23. The number of rotatable bonds is 4. The fourth-order valence-electron chi connectivity index (χ4n) is 4.49. The molecule has 1 saturated heterocycles. The van der Waals surface area contributed by atoms with Crippen LogP contribution < -0.4 is 5.32 Å². The van der Waals surface area contributed by atoms with Crippen molar-refractivity contribution < 1.29 is 27.8 Å². The van der Waals surface area contributed by atoms with E-state index in [1.165, 1.54) is 13.1 Å². The Hall–Kier alpha value is -3.53. The lowest BCUT2D eigenvalue weighted by Crippen LogP contribution is -2.48. The van der Waals surface area contributed by atoms with E-state index in [2.05, 4.69) is 10.3 Å². The third-order valence-electron chi connectivity index (χ3n) is 6.20. The second-order valence-electron chi connectivity index (χ2n) is 10.3. The van der Waals surface area contributed by atoms with E-state index in [1.54, 1.807) is 32.6 Å². The molecule has 0 bridgehead atoms. The molecule has 1 N–H and O–H groups in total. The van der Waals surface area contributed by atoms with E-state index in [9.17, 15) is 14.0 Å². The zero-order valence-corrected chi connectivity index (χ0v) is 21.9. The van der Waals surface area contributed by atoms with Gasteiger partial charge >= 0.3 is 6.09 Å². The third kappa shape index (κ3) is 5.44. The summed E-state index contributed by atoms with van der Waals surface area (Å²) < 4.78 is 43.8. The fraction of sp³-hybridized carbons (Fsp3) is 0.444. The van der Waals surface area contributed by atoms with Gasteiger partial charge in [0.25, 0.3) is 5.91 Å². The first-order valence-electron chi connectivity index (χ1n) is 12.2. The summed E-state index contributed by atoms with van der Waals surface area (Å²) in [7, 11) is 1.36. The second kappa shape index (κ2) is 10.1. The monoisotopic (exact) mass is 514 g/mol. The number of halogens is 2. The normalized spacial score (nSPS) is 16.2. The molecule has 0 saturated carbocycles. The average Bonchev–Trinajstić information content (AvgIpc) is 3.16. The molecule has 1 aromatic carbocycles. The van der Waals surface area contributed by atoms with Crippen LogP contribution in [0.3, 0.4) is 0 Å². The molecule has 1 fully saturated rings. The molecular formula is C27H32F2N4O4. The SMILES string of the molecule is CNC(=O)c1cc(C)c(-c2nc3cc(C)ccn3c2C[C@H]2CN(C(=O)OC(C)(C)C)CCO2)c(F)c1F. The molecular weight excluding hydrogens is 482 g/mol. The summed E-state index contributed by atoms with van der Waals surface area (Å²) in [5.41, 5.74) is 1.77. The van der Waals surface area contributed by atoms with Crippen molar-refractivity contribution in [1.82, 2.24) is 19.6 Å². The Labute approximate surface area is 214 Å². The van der Waals surface area contributed by atoms with Gasteiger partial charge in [0.1, 0.15) is 11.2 Å². The molecule has 198 valence electrons. The Morgan fingerprint density at radius 3 is 2.62 bits per heavy atom. The zero-order valence-electron chi connectivity index (χ0n) is 21.9. The zero-order chi connectivity index (χ0) is 27.1. The van der Waals surface area contributed by atoms with Crippen molar-refractivity contribution >= 4 is 17.6 Å². The number of ether oxygens (including phenoxy) is 2. The molecule has 1 aliphatic heterocycles. The Morgan fingerprint density at radius 2 is 1.95 bits per heavy atom. The van der Waals surface area contributed by atoms with Crippen LogP contribution in [0.2, 0.25) is 0 Å². The van der Waals surface area contributed by atoms with Crippen LogP contribution in [0, 0.1) is 25.5 Å². The van der Waals surface area contributed by atoms with Crippen molar-refractivity contribution in [3.8, 4) is 11.3 Å². The number of hydrogen-bond donors (Lipinski definition) is 1. The van der Waals surface area contributed by atoms with Crippen molar-refractivity contribution in [3.05, 3.63) is 58.4 Å². The second-order valence-corrected chi connectivity index (χ2v) is 10.3. The summed E-state index contributed by atoms with van der Waals surface area (Å²) in [6.45, 7) is 9.94. The van der Waals surface area contributed by atoms with E-state index in [1.807, 2.05) is 29.7 Å². The van der Waals surface area contributed by atoms with Crippen LogP contribution in [0.15, 0.2) is 24.4 Å². The number of aromatic nitrogens is 2. The van der Waals surface area contributed by atoms with Gasteiger partial charge in [0.05, 0.1) is 36.2 Å². The molecule has 0 unspecified atom stereocenters. The lowest BCUT2D eigenvalue weighted by molar-refractivity contribution is -0.0418. The standard InChI is InChI=1S/C27H32F2N4O4/c1-15-7-8-33-19(13-17-14-32(9-10-36-17)26(35)37-27(3,4)5)24(31-20(33)11-15)21-16(2)12-18(25(34)30-6)22(28)23(21)29/h7-8,11-12,17H,9-10,13-14H2,1-6H3,(H,30,34)/t17-/m0/s1. The van der Waals surface area contributed by atoms with Gasteiger partial charge in [-0.15, -0.1) is 0 Å². The minimum absolute atomic E-state index is 0.0127. The van der Waals surface area contributed by atoms with Crippen molar-refractivity contribution in [2.24, 2.45) is 0 Å².